The van der Waals surface area contributed by atoms with Crippen molar-refractivity contribution in [3.8, 4) is 0 Å². The van der Waals surface area contributed by atoms with Crippen molar-refractivity contribution < 1.29 is 23.9 Å². The first-order chi connectivity index (χ1) is 12.8. The molecule has 2 N–H and O–H groups in total. The quantitative estimate of drug-likeness (QED) is 0.719. The lowest BCUT2D eigenvalue weighted by Crippen LogP contribution is -2.28. The predicted molar refractivity (Wildman–Crippen MR) is 104 cm³/mol. The highest BCUT2D eigenvalue weighted by Gasteiger charge is 2.17. The smallest absolute Gasteiger partial charge is 0.339 e. The van der Waals surface area contributed by atoms with E-state index in [1.807, 2.05) is 31.2 Å². The molecule has 0 unspecified atom stereocenters. The number of anilines is 1. The third kappa shape index (κ3) is 6.18. The van der Waals surface area contributed by atoms with E-state index >= 15 is 0 Å². The van der Waals surface area contributed by atoms with Crippen LogP contribution in [-0.2, 0) is 16.1 Å². The van der Waals surface area contributed by atoms with Crippen LogP contribution in [0.3, 0.4) is 0 Å². The lowest BCUT2D eigenvalue weighted by atomic mass is 10.2. The van der Waals surface area contributed by atoms with Gasteiger partial charge in [0.25, 0.3) is 0 Å². The molecule has 27 heavy (non-hydrogen) atoms. The number of hydrogen-bond donors (Lipinski definition) is 2. The van der Waals surface area contributed by atoms with Gasteiger partial charge in [-0.1, -0.05) is 17.7 Å². The van der Waals surface area contributed by atoms with Crippen LogP contribution in [0.25, 0.3) is 0 Å². The molecule has 1 aromatic heterocycles. The number of carbonyl (C=O) groups is 3. The van der Waals surface area contributed by atoms with Crippen molar-refractivity contribution in [1.29, 1.82) is 0 Å². The number of nitrogens with one attached hydrogen (secondary N) is 1. The summed E-state index contributed by atoms with van der Waals surface area (Å²) in [5, 5.41) is 11.8. The maximum Gasteiger partial charge on any atom is 0.339 e. The summed E-state index contributed by atoms with van der Waals surface area (Å²) in [4.78, 5) is 36.5. The van der Waals surface area contributed by atoms with Crippen LogP contribution < -0.4 is 5.32 Å². The van der Waals surface area contributed by atoms with E-state index in [0.717, 1.165) is 11.3 Å². The number of furan rings is 1. The van der Waals surface area contributed by atoms with E-state index in [1.165, 1.54) is 22.7 Å². The van der Waals surface area contributed by atoms with Gasteiger partial charge in [-0.2, -0.15) is 0 Å². The summed E-state index contributed by atoms with van der Waals surface area (Å²) in [6.45, 7) is 3.70. The molecule has 0 saturated heterocycles. The molecule has 0 atom stereocenters. The zero-order valence-corrected chi connectivity index (χ0v) is 16.3. The second-order valence-corrected chi connectivity index (χ2v) is 7.13. The second kappa shape index (κ2) is 9.27. The first-order valence-corrected chi connectivity index (χ1v) is 9.42. The summed E-state index contributed by atoms with van der Waals surface area (Å²) >= 11 is 1.22. The molecule has 144 valence electrons. The first-order valence-electron chi connectivity index (χ1n) is 8.27. The molecule has 0 aliphatic heterocycles. The van der Waals surface area contributed by atoms with Gasteiger partial charge in [0.2, 0.25) is 11.8 Å². The van der Waals surface area contributed by atoms with Gasteiger partial charge in [0.15, 0.2) is 0 Å². The predicted octanol–water partition coefficient (Wildman–Crippen LogP) is 2.92. The molecule has 0 aliphatic rings. The van der Waals surface area contributed by atoms with Gasteiger partial charge in [-0.15, -0.1) is 11.8 Å². The molecule has 1 heterocycles. The van der Waals surface area contributed by atoms with Crippen molar-refractivity contribution in [2.24, 2.45) is 0 Å². The maximum atomic E-state index is 12.2. The lowest BCUT2D eigenvalue weighted by molar-refractivity contribution is -0.127. The number of amides is 2. The zero-order valence-electron chi connectivity index (χ0n) is 15.4. The first kappa shape index (κ1) is 20.6. The van der Waals surface area contributed by atoms with Crippen molar-refractivity contribution in [3.05, 3.63) is 53.0 Å². The Labute approximate surface area is 161 Å². The third-order valence-electron chi connectivity index (χ3n) is 3.81. The Hall–Kier alpha value is -2.74. The van der Waals surface area contributed by atoms with E-state index in [9.17, 15) is 14.4 Å². The molecular formula is C19H22N2O5S. The average Bonchev–Trinajstić information content (AvgIpc) is 2.97. The van der Waals surface area contributed by atoms with Gasteiger partial charge in [-0.25, -0.2) is 4.79 Å². The van der Waals surface area contributed by atoms with Crippen LogP contribution in [0.4, 0.5) is 5.69 Å². The molecule has 8 heteroatoms. The van der Waals surface area contributed by atoms with Crippen LogP contribution in [0.5, 0.6) is 0 Å². The minimum absolute atomic E-state index is 0.0907. The van der Waals surface area contributed by atoms with Crippen LogP contribution in [0.15, 0.2) is 34.7 Å². The highest BCUT2D eigenvalue weighted by atomic mass is 32.2. The summed E-state index contributed by atoms with van der Waals surface area (Å²) in [5.41, 5.74) is 1.92. The average molecular weight is 390 g/mol. The zero-order chi connectivity index (χ0) is 20.0. The maximum absolute atomic E-state index is 12.2. The number of nitrogens with zero attached hydrogens (tertiary/aromatic N) is 1. The van der Waals surface area contributed by atoms with E-state index in [4.69, 9.17) is 9.52 Å². The SMILES string of the molecule is Cc1ccc(NC(=O)CSCC(=O)N(C)Cc2cc(C(=O)O)c(C)o2)cc1. The van der Waals surface area contributed by atoms with E-state index in [2.05, 4.69) is 5.32 Å². The number of carboxylic acids is 1. The van der Waals surface area contributed by atoms with E-state index in [-0.39, 0.29) is 35.4 Å². The Morgan fingerprint density at radius 3 is 2.41 bits per heavy atom. The summed E-state index contributed by atoms with van der Waals surface area (Å²) in [6, 6.07) is 8.89. The highest BCUT2D eigenvalue weighted by molar-refractivity contribution is 8.00. The summed E-state index contributed by atoms with van der Waals surface area (Å²) in [7, 11) is 1.60. The number of hydrogen-bond acceptors (Lipinski definition) is 5. The number of carboxylic acid groups (broad SMARTS) is 1. The fraction of sp³-hybridized carbons (Fsp3) is 0.316. The second-order valence-electron chi connectivity index (χ2n) is 6.14. The Morgan fingerprint density at radius 1 is 1.15 bits per heavy atom. The molecule has 0 radical (unpaired) electrons. The van der Waals surface area contributed by atoms with Gasteiger partial charge in [0.1, 0.15) is 17.1 Å². The van der Waals surface area contributed by atoms with Crippen LogP contribution in [-0.4, -0.2) is 46.3 Å². The number of aryl methyl sites for hydroxylation is 2. The molecule has 2 rings (SSSR count). The number of carbonyl (C=O) groups excluding carboxylic acids is 2. The topological polar surface area (TPSA) is 99.9 Å². The Bertz CT molecular complexity index is 829. The monoisotopic (exact) mass is 390 g/mol. The summed E-state index contributed by atoms with van der Waals surface area (Å²) in [6.07, 6.45) is 0. The van der Waals surface area contributed by atoms with Gasteiger partial charge in [0, 0.05) is 12.7 Å². The van der Waals surface area contributed by atoms with Gasteiger partial charge in [-0.05, 0) is 32.0 Å². The van der Waals surface area contributed by atoms with Gasteiger partial charge < -0.3 is 19.7 Å². The fourth-order valence-corrected chi connectivity index (χ4v) is 3.09. The number of aromatic carboxylic acids is 1. The van der Waals surface area contributed by atoms with Crippen molar-refractivity contribution in [2.45, 2.75) is 20.4 Å². The van der Waals surface area contributed by atoms with Crippen LogP contribution >= 0.6 is 11.8 Å². The van der Waals surface area contributed by atoms with Gasteiger partial charge in [0.05, 0.1) is 18.1 Å². The van der Waals surface area contributed by atoms with E-state index < -0.39 is 5.97 Å². The van der Waals surface area contributed by atoms with Crippen LogP contribution in [0.2, 0.25) is 0 Å². The number of benzene rings is 1. The normalized spacial score (nSPS) is 10.5. The highest BCUT2D eigenvalue weighted by Crippen LogP contribution is 2.16. The third-order valence-corrected chi connectivity index (χ3v) is 4.73. The molecule has 0 fully saturated rings. The molecule has 0 aliphatic carbocycles. The van der Waals surface area contributed by atoms with Crippen molar-refractivity contribution in [1.82, 2.24) is 4.90 Å². The van der Waals surface area contributed by atoms with Crippen molar-refractivity contribution >= 4 is 35.2 Å². The molecule has 2 amide bonds. The molecular weight excluding hydrogens is 368 g/mol. The van der Waals surface area contributed by atoms with Crippen molar-refractivity contribution in [2.75, 3.05) is 23.9 Å². The van der Waals surface area contributed by atoms with Gasteiger partial charge in [-0.3, -0.25) is 9.59 Å². The Morgan fingerprint density at radius 2 is 1.81 bits per heavy atom. The molecule has 1 aromatic carbocycles. The summed E-state index contributed by atoms with van der Waals surface area (Å²) < 4.78 is 5.37. The van der Waals surface area contributed by atoms with E-state index in [0.29, 0.717) is 11.5 Å². The lowest BCUT2D eigenvalue weighted by Gasteiger charge is -2.15. The van der Waals surface area contributed by atoms with Crippen LogP contribution in [0.1, 0.15) is 27.4 Å². The largest absolute Gasteiger partial charge is 0.478 e. The minimum Gasteiger partial charge on any atom is -0.478 e. The standard InChI is InChI=1S/C19H22N2O5S/c1-12-4-6-14(7-5-12)20-17(22)10-27-11-18(23)21(3)9-15-8-16(19(24)25)13(2)26-15/h4-8H,9-11H2,1-3H3,(H,20,22)(H,24,25). The molecule has 7 nitrogen and oxygen atoms in total. The molecule has 2 aromatic rings. The Balaban J connectivity index is 1.76. The fourth-order valence-electron chi connectivity index (χ4n) is 2.33. The van der Waals surface area contributed by atoms with Gasteiger partial charge >= 0.3 is 5.97 Å². The van der Waals surface area contributed by atoms with Crippen molar-refractivity contribution in [3.63, 3.8) is 0 Å². The number of rotatable bonds is 8. The molecule has 0 spiro atoms. The minimum atomic E-state index is -1.06. The number of thioether (sulfide) groups is 1. The Kier molecular flexibility index (Phi) is 7.06. The summed E-state index contributed by atoms with van der Waals surface area (Å²) in [5.74, 6) is -0.393. The van der Waals surface area contributed by atoms with Crippen LogP contribution in [0, 0.1) is 13.8 Å². The molecule has 0 saturated carbocycles. The molecule has 0 bridgehead atoms. The van der Waals surface area contributed by atoms with E-state index in [1.54, 1.807) is 14.0 Å².